The van der Waals surface area contributed by atoms with E-state index in [-0.39, 0.29) is 5.69 Å². The molecule has 2 fully saturated rings. The van der Waals surface area contributed by atoms with E-state index in [1.165, 1.54) is 25.7 Å². The average Bonchev–Trinajstić information content (AvgIpc) is 2.86. The molecule has 5 heteroatoms. The summed E-state index contributed by atoms with van der Waals surface area (Å²) in [5.74, 6) is 1.55. The largest absolute Gasteiger partial charge is 0.346 e. The molecule has 0 radical (unpaired) electrons. The number of rotatable bonds is 3. The van der Waals surface area contributed by atoms with Gasteiger partial charge >= 0.3 is 5.69 Å². The zero-order valence-electron chi connectivity index (χ0n) is 10.4. The normalized spacial score (nSPS) is 21.9. The van der Waals surface area contributed by atoms with Crippen molar-refractivity contribution in [2.24, 2.45) is 0 Å². The van der Waals surface area contributed by atoms with Crippen LogP contribution in [0, 0.1) is 0 Å². The molecule has 1 aliphatic carbocycles. The quantitative estimate of drug-likeness (QED) is 0.847. The Kier molecular flexibility index (Phi) is 2.78. The number of aromatic nitrogens is 3. The molecule has 1 aromatic heterocycles. The van der Waals surface area contributed by atoms with E-state index in [2.05, 4.69) is 10.4 Å². The maximum absolute atomic E-state index is 12.2. The average molecular weight is 236 g/mol. The fraction of sp³-hybridized carbons (Fsp3) is 0.833. The van der Waals surface area contributed by atoms with Crippen molar-refractivity contribution in [1.29, 1.82) is 0 Å². The van der Waals surface area contributed by atoms with Crippen molar-refractivity contribution in [1.82, 2.24) is 19.7 Å². The molecule has 1 saturated heterocycles. The minimum atomic E-state index is 0.0842. The van der Waals surface area contributed by atoms with Gasteiger partial charge in [0, 0.05) is 25.6 Å². The van der Waals surface area contributed by atoms with Crippen molar-refractivity contribution in [3.05, 3.63) is 16.3 Å². The van der Waals surface area contributed by atoms with Crippen LogP contribution in [0.5, 0.6) is 0 Å². The Morgan fingerprint density at radius 2 is 2.06 bits per heavy atom. The lowest BCUT2D eigenvalue weighted by atomic mass is 10.1. The number of nitrogens with zero attached hydrogens (tertiary/aromatic N) is 3. The number of nitrogens with one attached hydrogen (secondary N) is 1. The summed E-state index contributed by atoms with van der Waals surface area (Å²) in [6, 6.07) is 0.332. The lowest BCUT2D eigenvalue weighted by molar-refractivity contribution is 0.322. The molecule has 1 saturated carbocycles. The Hall–Kier alpha value is -1.10. The minimum Gasteiger partial charge on any atom is -0.313 e. The van der Waals surface area contributed by atoms with Crippen LogP contribution in [0.15, 0.2) is 4.79 Å². The standard InChI is InChI=1S/C12H20N4O/c1-2-15-12(17)16(10-7-13-8-10)11(14-15)9-5-3-4-6-9/h9-10,13H,2-8H2,1H3. The van der Waals surface area contributed by atoms with Crippen LogP contribution in [0.4, 0.5) is 0 Å². The van der Waals surface area contributed by atoms with Gasteiger partial charge in [0.1, 0.15) is 5.82 Å². The second-order valence-electron chi connectivity index (χ2n) is 5.12. The van der Waals surface area contributed by atoms with E-state index < -0.39 is 0 Å². The highest BCUT2D eigenvalue weighted by Crippen LogP contribution is 2.33. The summed E-state index contributed by atoms with van der Waals surface area (Å²) in [4.78, 5) is 12.2. The van der Waals surface area contributed by atoms with Crippen molar-refractivity contribution >= 4 is 0 Å². The molecule has 0 bridgehead atoms. The first kappa shape index (κ1) is 11.0. The lowest BCUT2D eigenvalue weighted by Gasteiger charge is -2.29. The predicted octanol–water partition coefficient (Wildman–Crippen LogP) is 0.867. The Morgan fingerprint density at radius 3 is 2.59 bits per heavy atom. The van der Waals surface area contributed by atoms with Gasteiger partial charge in [-0.1, -0.05) is 12.8 Å². The Balaban J connectivity index is 2.02. The minimum absolute atomic E-state index is 0.0842. The van der Waals surface area contributed by atoms with Gasteiger partial charge in [-0.25, -0.2) is 9.48 Å². The second-order valence-corrected chi connectivity index (χ2v) is 5.12. The maximum Gasteiger partial charge on any atom is 0.346 e. The second kappa shape index (κ2) is 4.29. The molecule has 0 atom stereocenters. The predicted molar refractivity (Wildman–Crippen MR) is 65.3 cm³/mol. The fourth-order valence-electron chi connectivity index (χ4n) is 2.90. The van der Waals surface area contributed by atoms with E-state index in [0.717, 1.165) is 18.9 Å². The summed E-state index contributed by atoms with van der Waals surface area (Å²) in [5, 5.41) is 7.79. The van der Waals surface area contributed by atoms with Crippen molar-refractivity contribution in [3.63, 3.8) is 0 Å². The molecule has 2 heterocycles. The number of hydrogen-bond donors (Lipinski definition) is 1. The molecular weight excluding hydrogens is 216 g/mol. The summed E-state index contributed by atoms with van der Waals surface area (Å²) >= 11 is 0. The van der Waals surface area contributed by atoms with E-state index >= 15 is 0 Å². The molecule has 1 aliphatic heterocycles. The summed E-state index contributed by atoms with van der Waals surface area (Å²) in [6.45, 7) is 4.48. The molecule has 17 heavy (non-hydrogen) atoms. The highest BCUT2D eigenvalue weighted by molar-refractivity contribution is 5.04. The van der Waals surface area contributed by atoms with Crippen molar-refractivity contribution in [3.8, 4) is 0 Å². The third-order valence-corrected chi connectivity index (χ3v) is 4.04. The summed E-state index contributed by atoms with van der Waals surface area (Å²) in [6.07, 6.45) is 4.95. The van der Waals surface area contributed by atoms with Gasteiger partial charge in [0.05, 0.1) is 6.04 Å². The van der Waals surface area contributed by atoms with Gasteiger partial charge in [0.25, 0.3) is 0 Å². The zero-order chi connectivity index (χ0) is 11.8. The summed E-state index contributed by atoms with van der Waals surface area (Å²) in [7, 11) is 0. The van der Waals surface area contributed by atoms with Gasteiger partial charge in [-0.05, 0) is 19.8 Å². The van der Waals surface area contributed by atoms with Crippen molar-refractivity contribution in [2.75, 3.05) is 13.1 Å². The molecule has 0 unspecified atom stereocenters. The Morgan fingerprint density at radius 1 is 1.35 bits per heavy atom. The summed E-state index contributed by atoms with van der Waals surface area (Å²) in [5.41, 5.74) is 0.0842. The first-order valence-corrected chi connectivity index (χ1v) is 6.71. The van der Waals surface area contributed by atoms with Crippen LogP contribution in [0.3, 0.4) is 0 Å². The Bertz CT molecular complexity index is 452. The van der Waals surface area contributed by atoms with E-state index in [0.29, 0.717) is 18.5 Å². The first-order chi connectivity index (χ1) is 8.31. The van der Waals surface area contributed by atoms with Gasteiger partial charge in [-0.15, -0.1) is 0 Å². The Labute approximate surface area is 101 Å². The monoisotopic (exact) mass is 236 g/mol. The van der Waals surface area contributed by atoms with Crippen LogP contribution in [0.2, 0.25) is 0 Å². The molecule has 0 amide bonds. The topological polar surface area (TPSA) is 51.9 Å². The molecule has 5 nitrogen and oxygen atoms in total. The number of hydrogen-bond acceptors (Lipinski definition) is 3. The highest BCUT2D eigenvalue weighted by atomic mass is 16.2. The van der Waals surface area contributed by atoms with Crippen LogP contribution in [-0.4, -0.2) is 27.4 Å². The third-order valence-electron chi connectivity index (χ3n) is 4.04. The van der Waals surface area contributed by atoms with E-state index in [1.807, 2.05) is 11.5 Å². The summed E-state index contributed by atoms with van der Waals surface area (Å²) < 4.78 is 3.57. The zero-order valence-corrected chi connectivity index (χ0v) is 10.4. The SMILES string of the molecule is CCn1nc(C2CCCC2)n(C2CNC2)c1=O. The molecule has 0 aromatic carbocycles. The maximum atomic E-state index is 12.2. The molecule has 1 aromatic rings. The first-order valence-electron chi connectivity index (χ1n) is 6.71. The number of aryl methyl sites for hydroxylation is 1. The van der Waals surface area contributed by atoms with Crippen LogP contribution in [-0.2, 0) is 6.54 Å². The smallest absolute Gasteiger partial charge is 0.313 e. The van der Waals surface area contributed by atoms with Gasteiger partial charge in [-0.2, -0.15) is 5.10 Å². The van der Waals surface area contributed by atoms with Crippen LogP contribution in [0.25, 0.3) is 0 Å². The van der Waals surface area contributed by atoms with Crippen LogP contribution < -0.4 is 11.0 Å². The fourth-order valence-corrected chi connectivity index (χ4v) is 2.90. The van der Waals surface area contributed by atoms with Gasteiger partial charge in [-0.3, -0.25) is 4.57 Å². The van der Waals surface area contributed by atoms with Crippen LogP contribution in [0.1, 0.15) is 50.4 Å². The van der Waals surface area contributed by atoms with Crippen molar-refractivity contribution in [2.45, 2.75) is 51.1 Å². The van der Waals surface area contributed by atoms with Gasteiger partial charge in [0.2, 0.25) is 0 Å². The van der Waals surface area contributed by atoms with Gasteiger partial charge < -0.3 is 5.32 Å². The third kappa shape index (κ3) is 1.73. The highest BCUT2D eigenvalue weighted by Gasteiger charge is 2.30. The molecule has 1 N–H and O–H groups in total. The molecule has 94 valence electrons. The van der Waals surface area contributed by atoms with Gasteiger partial charge in [0.15, 0.2) is 0 Å². The van der Waals surface area contributed by atoms with Crippen LogP contribution >= 0.6 is 0 Å². The molecule has 0 spiro atoms. The van der Waals surface area contributed by atoms with Crippen molar-refractivity contribution < 1.29 is 0 Å². The van der Waals surface area contributed by atoms with E-state index in [4.69, 9.17) is 0 Å². The van der Waals surface area contributed by atoms with E-state index in [9.17, 15) is 4.79 Å². The van der Waals surface area contributed by atoms with E-state index in [1.54, 1.807) is 4.68 Å². The lowest BCUT2D eigenvalue weighted by Crippen LogP contribution is -2.47. The molecular formula is C12H20N4O. The molecule has 3 rings (SSSR count). The molecule has 2 aliphatic rings.